The van der Waals surface area contributed by atoms with E-state index in [9.17, 15) is 9.50 Å². The Hall–Kier alpha value is -4.51. The van der Waals surface area contributed by atoms with Crippen LogP contribution in [0.25, 0.3) is 32.9 Å². The van der Waals surface area contributed by atoms with Crippen molar-refractivity contribution in [2.45, 2.75) is 68.8 Å². The Balaban J connectivity index is 1.34. The van der Waals surface area contributed by atoms with E-state index in [1.54, 1.807) is 0 Å². The van der Waals surface area contributed by atoms with Crippen LogP contribution in [0.4, 0.5) is 14.6 Å². The first-order valence-electron chi connectivity index (χ1n) is 15.5. The highest BCUT2D eigenvalue weighted by atomic mass is 19.1. The van der Waals surface area contributed by atoms with Gasteiger partial charge >= 0.3 is 6.01 Å². The molecule has 2 aromatic heterocycles. The third-order valence-electron chi connectivity index (χ3n) is 10.2. The molecule has 4 bridgehead atoms. The summed E-state index contributed by atoms with van der Waals surface area (Å²) < 4.78 is 38.3. The van der Waals surface area contributed by atoms with Crippen molar-refractivity contribution in [3.8, 4) is 47.7 Å². The lowest BCUT2D eigenvalue weighted by molar-refractivity contribution is 0.0603. The number of ether oxygens (including phenoxy) is 1. The van der Waals surface area contributed by atoms with Crippen molar-refractivity contribution in [1.82, 2.24) is 25.2 Å². The number of hydrogen-bond acceptors (Lipinski definition) is 8. The third-order valence-corrected chi connectivity index (χ3v) is 10.2. The maximum atomic E-state index is 17.0. The van der Waals surface area contributed by atoms with E-state index in [2.05, 4.69) is 44.0 Å². The van der Waals surface area contributed by atoms with Gasteiger partial charge in [0.15, 0.2) is 5.82 Å². The number of pyridine rings is 1. The SMILES string of the molecule is C#Cc1c(F)ccc2cc(O)cc(-c3nc(C#C)c4c(N5CC6CCC(C5)N6)nc(OC5CC6CC[C@H](C5)N6C)nc4c3F)c12. The largest absolute Gasteiger partial charge is 0.508 e. The summed E-state index contributed by atoms with van der Waals surface area (Å²) in [5.41, 5.74) is -0.0345. The van der Waals surface area contributed by atoms with E-state index in [-0.39, 0.29) is 63.4 Å². The van der Waals surface area contributed by atoms with Gasteiger partial charge in [-0.15, -0.1) is 12.8 Å². The minimum absolute atomic E-state index is 0.0371. The Bertz CT molecular complexity index is 1940. The van der Waals surface area contributed by atoms with Crippen molar-refractivity contribution in [3.05, 3.63) is 47.2 Å². The van der Waals surface area contributed by atoms with Gasteiger partial charge in [0, 0.05) is 61.0 Å². The van der Waals surface area contributed by atoms with Crippen molar-refractivity contribution in [3.63, 3.8) is 0 Å². The average molecular weight is 607 g/mol. The lowest BCUT2D eigenvalue weighted by atomic mass is 9.95. The number of rotatable bonds is 4. The standard InChI is InChI=1S/C35H32F2N6O2/c1-4-25-27(36)11-6-18-12-23(44)15-26(29(18)25)32-31(37)33-30(28(5-2)39-32)34(43-16-19-7-8-20(17-43)38-19)41-35(40-33)45-24-13-21-9-10-22(14-24)42(21)3/h1-2,6,11-12,15,19-22,24,38,44H,7-10,13-14,16-17H2,3H3/t19?,20?,21-,22?,24?/m1/s1. The monoisotopic (exact) mass is 606 g/mol. The number of benzene rings is 2. The van der Waals surface area contributed by atoms with Gasteiger partial charge in [-0.05, 0) is 62.2 Å². The molecular weight excluding hydrogens is 574 g/mol. The molecule has 0 saturated carbocycles. The maximum absolute atomic E-state index is 17.0. The molecule has 0 amide bonds. The van der Waals surface area contributed by atoms with Gasteiger partial charge in [-0.25, -0.2) is 13.8 Å². The number of terminal acetylenes is 2. The van der Waals surface area contributed by atoms with E-state index >= 15 is 4.39 Å². The number of aromatic hydroxyl groups is 1. The predicted octanol–water partition coefficient (Wildman–Crippen LogP) is 4.74. The second kappa shape index (κ2) is 10.5. The molecule has 2 aromatic carbocycles. The summed E-state index contributed by atoms with van der Waals surface area (Å²) in [6.07, 6.45) is 17.7. The molecule has 4 fully saturated rings. The maximum Gasteiger partial charge on any atom is 0.319 e. The summed E-state index contributed by atoms with van der Waals surface area (Å²) in [5.74, 6) is 3.92. The van der Waals surface area contributed by atoms with Crippen LogP contribution in [-0.4, -0.2) is 75.4 Å². The number of nitrogens with zero attached hydrogens (tertiary/aromatic N) is 5. The average Bonchev–Trinajstić information content (AvgIpc) is 3.46. The summed E-state index contributed by atoms with van der Waals surface area (Å²) in [6.45, 7) is 1.35. The number of piperidine rings is 1. The number of phenolic OH excluding ortho intramolecular Hbond substituents is 1. The Morgan fingerprint density at radius 3 is 2.38 bits per heavy atom. The normalized spacial score (nSPS) is 25.9. The summed E-state index contributed by atoms with van der Waals surface area (Å²) in [6, 6.07) is 6.99. The molecule has 6 heterocycles. The first-order chi connectivity index (χ1) is 21.8. The van der Waals surface area contributed by atoms with E-state index in [4.69, 9.17) is 22.6 Å². The van der Waals surface area contributed by atoms with Crippen LogP contribution in [0.5, 0.6) is 11.8 Å². The number of fused-ring (bicyclic) bond motifs is 6. The lowest BCUT2D eigenvalue weighted by Gasteiger charge is -2.36. The third kappa shape index (κ3) is 4.55. The van der Waals surface area contributed by atoms with Crippen molar-refractivity contribution < 1.29 is 18.6 Å². The molecule has 45 heavy (non-hydrogen) atoms. The Labute approximate surface area is 259 Å². The molecule has 10 heteroatoms. The van der Waals surface area contributed by atoms with Crippen LogP contribution in [0.1, 0.15) is 49.8 Å². The van der Waals surface area contributed by atoms with Crippen molar-refractivity contribution >= 4 is 27.5 Å². The summed E-state index contributed by atoms with van der Waals surface area (Å²) in [4.78, 5) is 18.7. The number of piperazine rings is 1. The predicted molar refractivity (Wildman–Crippen MR) is 168 cm³/mol. The highest BCUT2D eigenvalue weighted by Crippen LogP contribution is 2.41. The van der Waals surface area contributed by atoms with E-state index in [1.165, 1.54) is 24.3 Å². The van der Waals surface area contributed by atoms with Crippen molar-refractivity contribution in [1.29, 1.82) is 0 Å². The molecule has 8 nitrogen and oxygen atoms in total. The number of aromatic nitrogens is 3. The Kier molecular flexibility index (Phi) is 6.56. The number of nitrogens with one attached hydrogen (secondary N) is 1. The van der Waals surface area contributed by atoms with Gasteiger partial charge in [-0.1, -0.05) is 12.0 Å². The van der Waals surface area contributed by atoms with Gasteiger partial charge < -0.3 is 25.0 Å². The summed E-state index contributed by atoms with van der Waals surface area (Å²) >= 11 is 0. The van der Waals surface area contributed by atoms with E-state index in [1.807, 2.05) is 0 Å². The van der Waals surface area contributed by atoms with E-state index in [0.29, 0.717) is 41.8 Å². The van der Waals surface area contributed by atoms with Gasteiger partial charge in [-0.3, -0.25) is 0 Å². The highest BCUT2D eigenvalue weighted by molar-refractivity contribution is 6.04. The smallest absolute Gasteiger partial charge is 0.319 e. The number of halogens is 2. The molecule has 0 radical (unpaired) electrons. The van der Waals surface area contributed by atoms with Gasteiger partial charge in [0.25, 0.3) is 0 Å². The minimum atomic E-state index is -0.779. The molecule has 4 saturated heterocycles. The molecule has 4 aliphatic heterocycles. The fraction of sp³-hybridized carbons (Fsp3) is 0.400. The molecular formula is C35H32F2N6O2. The van der Waals surface area contributed by atoms with Crippen LogP contribution < -0.4 is 15.0 Å². The number of hydrogen-bond donors (Lipinski definition) is 2. The van der Waals surface area contributed by atoms with Crippen LogP contribution in [0.15, 0.2) is 24.3 Å². The number of anilines is 1. The number of phenols is 1. The van der Waals surface area contributed by atoms with Crippen molar-refractivity contribution in [2.75, 3.05) is 25.0 Å². The van der Waals surface area contributed by atoms with Crippen molar-refractivity contribution in [2.24, 2.45) is 0 Å². The Morgan fingerprint density at radius 2 is 1.69 bits per heavy atom. The molecule has 4 aliphatic rings. The minimum Gasteiger partial charge on any atom is -0.508 e. The van der Waals surface area contributed by atoms with Gasteiger partial charge in [-0.2, -0.15) is 9.97 Å². The first kappa shape index (κ1) is 28.0. The van der Waals surface area contributed by atoms with Crippen LogP contribution >= 0.6 is 0 Å². The molecule has 4 unspecified atom stereocenters. The van der Waals surface area contributed by atoms with Gasteiger partial charge in [0.2, 0.25) is 0 Å². The fourth-order valence-corrected chi connectivity index (χ4v) is 8.03. The molecule has 0 spiro atoms. The lowest BCUT2D eigenvalue weighted by Crippen LogP contribution is -2.51. The topological polar surface area (TPSA) is 86.6 Å². The molecule has 8 rings (SSSR count). The van der Waals surface area contributed by atoms with E-state index in [0.717, 1.165) is 38.5 Å². The first-order valence-corrected chi connectivity index (χ1v) is 15.5. The quantitative estimate of drug-likeness (QED) is 0.323. The zero-order chi connectivity index (χ0) is 31.0. The van der Waals surface area contributed by atoms with Crippen LogP contribution in [0.2, 0.25) is 0 Å². The zero-order valence-corrected chi connectivity index (χ0v) is 24.9. The molecule has 4 aromatic rings. The van der Waals surface area contributed by atoms with E-state index < -0.39 is 11.6 Å². The molecule has 5 atom stereocenters. The van der Waals surface area contributed by atoms with Crippen LogP contribution in [0.3, 0.4) is 0 Å². The zero-order valence-electron chi connectivity index (χ0n) is 24.9. The summed E-state index contributed by atoms with van der Waals surface area (Å²) in [7, 11) is 2.16. The molecule has 2 N–H and O–H groups in total. The summed E-state index contributed by atoms with van der Waals surface area (Å²) in [5, 5.41) is 15.2. The fourth-order valence-electron chi connectivity index (χ4n) is 8.03. The Morgan fingerprint density at radius 1 is 0.956 bits per heavy atom. The van der Waals surface area contributed by atoms with Crippen LogP contribution in [0, 0.1) is 36.3 Å². The van der Waals surface area contributed by atoms with Gasteiger partial charge in [0.1, 0.15) is 40.4 Å². The second-order valence-electron chi connectivity index (χ2n) is 12.8. The second-order valence-corrected chi connectivity index (χ2v) is 12.8. The van der Waals surface area contributed by atoms with Crippen LogP contribution in [-0.2, 0) is 0 Å². The molecule has 228 valence electrons. The van der Waals surface area contributed by atoms with Gasteiger partial charge in [0.05, 0.1) is 10.9 Å². The molecule has 0 aliphatic carbocycles. The highest BCUT2D eigenvalue weighted by Gasteiger charge is 2.40.